The zero-order valence-corrected chi connectivity index (χ0v) is 15.4. The second-order valence-corrected chi connectivity index (χ2v) is 7.30. The van der Waals surface area contributed by atoms with E-state index in [2.05, 4.69) is 20.8 Å². The average Bonchev–Trinajstić information content (AvgIpc) is 2.91. The van der Waals surface area contributed by atoms with Crippen molar-refractivity contribution in [1.82, 2.24) is 25.2 Å². The second-order valence-electron chi connectivity index (χ2n) is 5.95. The Bertz CT molecular complexity index is 873. The van der Waals surface area contributed by atoms with Crippen molar-refractivity contribution >= 4 is 40.8 Å². The quantitative estimate of drug-likeness (QED) is 0.739. The summed E-state index contributed by atoms with van der Waals surface area (Å²) in [6.07, 6.45) is -1.54. The highest BCUT2D eigenvalue weighted by molar-refractivity contribution is 7.99. The van der Waals surface area contributed by atoms with Gasteiger partial charge in [-0.2, -0.15) is 13.2 Å². The number of alkyl halides is 3. The number of rotatable bonds is 4. The predicted molar refractivity (Wildman–Crippen MR) is 92.5 cm³/mol. The number of fused-ring (bicyclic) bond motifs is 1. The number of hydrogen-bond donors (Lipinski definition) is 2. The van der Waals surface area contributed by atoms with E-state index in [-0.39, 0.29) is 27.5 Å². The Kier molecular flexibility index (Phi) is 5.80. The SMILES string of the molecule is O=C(CSc1nnc2c(Cl)cc(C(F)(F)F)cn12)NC1CCCCNC1=O. The molecule has 3 heterocycles. The Balaban J connectivity index is 1.70. The van der Waals surface area contributed by atoms with Gasteiger partial charge in [-0.05, 0) is 25.3 Å². The Morgan fingerprint density at radius 1 is 1.41 bits per heavy atom. The highest BCUT2D eigenvalue weighted by Gasteiger charge is 2.32. The van der Waals surface area contributed by atoms with Gasteiger partial charge in [0.1, 0.15) is 6.04 Å². The first-order valence-electron chi connectivity index (χ1n) is 8.07. The molecule has 0 bridgehead atoms. The first kappa shape index (κ1) is 19.7. The van der Waals surface area contributed by atoms with Crippen LogP contribution >= 0.6 is 23.4 Å². The number of halogens is 4. The van der Waals surface area contributed by atoms with Crippen LogP contribution in [0.25, 0.3) is 5.65 Å². The molecule has 2 aromatic rings. The van der Waals surface area contributed by atoms with Crippen molar-refractivity contribution < 1.29 is 22.8 Å². The maximum Gasteiger partial charge on any atom is 0.417 e. The van der Waals surface area contributed by atoms with Crippen molar-refractivity contribution in [3.8, 4) is 0 Å². The monoisotopic (exact) mass is 421 g/mol. The van der Waals surface area contributed by atoms with Crippen LogP contribution in [0.3, 0.4) is 0 Å². The van der Waals surface area contributed by atoms with E-state index in [1.165, 1.54) is 0 Å². The molecule has 0 aromatic carbocycles. The Labute approximate surface area is 161 Å². The maximum atomic E-state index is 13.0. The first-order chi connectivity index (χ1) is 12.8. The zero-order chi connectivity index (χ0) is 19.6. The van der Waals surface area contributed by atoms with Crippen molar-refractivity contribution in [1.29, 1.82) is 0 Å². The molecule has 146 valence electrons. The number of hydrogen-bond acceptors (Lipinski definition) is 5. The van der Waals surface area contributed by atoms with Gasteiger partial charge in [0.25, 0.3) is 0 Å². The number of nitrogens with one attached hydrogen (secondary N) is 2. The van der Waals surface area contributed by atoms with Crippen LogP contribution in [0.5, 0.6) is 0 Å². The lowest BCUT2D eigenvalue weighted by molar-refractivity contribution is -0.137. The highest BCUT2D eigenvalue weighted by atomic mass is 35.5. The van der Waals surface area contributed by atoms with Crippen molar-refractivity contribution in [3.05, 3.63) is 22.8 Å². The van der Waals surface area contributed by atoms with E-state index in [1.807, 2.05) is 0 Å². The van der Waals surface area contributed by atoms with E-state index in [0.29, 0.717) is 13.0 Å². The summed E-state index contributed by atoms with van der Waals surface area (Å²) in [5.41, 5.74) is -0.878. The topological polar surface area (TPSA) is 88.4 Å². The van der Waals surface area contributed by atoms with E-state index < -0.39 is 23.7 Å². The lowest BCUT2D eigenvalue weighted by atomic mass is 10.1. The molecule has 1 saturated heterocycles. The van der Waals surface area contributed by atoms with Gasteiger partial charge in [-0.3, -0.25) is 14.0 Å². The Morgan fingerprint density at radius 2 is 2.19 bits per heavy atom. The standard InChI is InChI=1S/C15H15ClF3N5O2S/c16-9-5-8(15(17,18)19)6-24-12(9)22-23-14(24)27-7-11(25)21-10-3-1-2-4-20-13(10)26/h5-6,10H,1-4,7H2,(H,20,26)(H,21,25). The van der Waals surface area contributed by atoms with E-state index >= 15 is 0 Å². The highest BCUT2D eigenvalue weighted by Crippen LogP contribution is 2.33. The summed E-state index contributed by atoms with van der Waals surface area (Å²) in [6.45, 7) is 0.577. The lowest BCUT2D eigenvalue weighted by Crippen LogP contribution is -2.46. The van der Waals surface area contributed by atoms with Crippen molar-refractivity contribution in [3.63, 3.8) is 0 Å². The molecule has 2 aromatic heterocycles. The third kappa shape index (κ3) is 4.64. The second kappa shape index (κ2) is 7.93. The summed E-state index contributed by atoms with van der Waals surface area (Å²) in [7, 11) is 0. The Morgan fingerprint density at radius 3 is 2.93 bits per heavy atom. The van der Waals surface area contributed by atoms with Crippen LogP contribution in [0.4, 0.5) is 13.2 Å². The predicted octanol–water partition coefficient (Wildman–Crippen LogP) is 2.28. The lowest BCUT2D eigenvalue weighted by Gasteiger charge is -2.14. The van der Waals surface area contributed by atoms with Crippen LogP contribution in [-0.2, 0) is 15.8 Å². The minimum Gasteiger partial charge on any atom is -0.354 e. The number of aromatic nitrogens is 3. The molecule has 7 nitrogen and oxygen atoms in total. The fraction of sp³-hybridized carbons (Fsp3) is 0.467. The summed E-state index contributed by atoms with van der Waals surface area (Å²) in [5.74, 6) is -0.782. The van der Waals surface area contributed by atoms with Gasteiger partial charge in [0.2, 0.25) is 11.8 Å². The average molecular weight is 422 g/mol. The number of pyridine rings is 1. The summed E-state index contributed by atoms with van der Waals surface area (Å²) < 4.78 is 40.0. The maximum absolute atomic E-state index is 13.0. The molecule has 0 spiro atoms. The molecule has 1 aliphatic rings. The number of thioether (sulfide) groups is 1. The van der Waals surface area contributed by atoms with Crippen LogP contribution in [0.1, 0.15) is 24.8 Å². The van der Waals surface area contributed by atoms with Gasteiger partial charge in [0.15, 0.2) is 10.8 Å². The van der Waals surface area contributed by atoms with Crippen LogP contribution < -0.4 is 10.6 Å². The zero-order valence-electron chi connectivity index (χ0n) is 13.8. The largest absolute Gasteiger partial charge is 0.417 e. The molecule has 2 amide bonds. The number of carbonyl (C=O) groups excluding carboxylic acids is 2. The summed E-state index contributed by atoms with van der Waals surface area (Å²) >= 11 is 6.76. The molecule has 2 N–H and O–H groups in total. The molecule has 0 saturated carbocycles. The molecule has 1 aliphatic heterocycles. The third-order valence-corrected chi connectivity index (χ3v) is 5.18. The van der Waals surface area contributed by atoms with Crippen LogP contribution in [0.2, 0.25) is 5.02 Å². The first-order valence-corrected chi connectivity index (χ1v) is 9.43. The van der Waals surface area contributed by atoms with Gasteiger partial charge < -0.3 is 10.6 Å². The van der Waals surface area contributed by atoms with Gasteiger partial charge >= 0.3 is 6.18 Å². The molecular formula is C15H15ClF3N5O2S. The molecular weight excluding hydrogens is 407 g/mol. The molecule has 1 unspecified atom stereocenters. The summed E-state index contributed by atoms with van der Waals surface area (Å²) in [6, 6.07) is 0.166. The molecule has 12 heteroatoms. The third-order valence-electron chi connectivity index (χ3n) is 3.96. The summed E-state index contributed by atoms with van der Waals surface area (Å²) in [5, 5.41) is 12.8. The summed E-state index contributed by atoms with van der Waals surface area (Å²) in [4.78, 5) is 24.0. The van der Waals surface area contributed by atoms with E-state index in [9.17, 15) is 22.8 Å². The van der Waals surface area contributed by atoms with Gasteiger partial charge in [0, 0.05) is 12.7 Å². The molecule has 1 atom stereocenters. The minimum atomic E-state index is -4.58. The van der Waals surface area contributed by atoms with Crippen LogP contribution in [-0.4, -0.2) is 44.8 Å². The van der Waals surface area contributed by atoms with Gasteiger partial charge in [-0.25, -0.2) is 0 Å². The van der Waals surface area contributed by atoms with Crippen molar-refractivity contribution in [2.24, 2.45) is 0 Å². The van der Waals surface area contributed by atoms with E-state index in [4.69, 9.17) is 11.6 Å². The molecule has 0 aliphatic carbocycles. The Hall–Kier alpha value is -2.01. The van der Waals surface area contributed by atoms with Crippen LogP contribution in [0, 0.1) is 0 Å². The fourth-order valence-electron chi connectivity index (χ4n) is 2.63. The van der Waals surface area contributed by atoms with Gasteiger partial charge in [-0.15, -0.1) is 10.2 Å². The number of carbonyl (C=O) groups is 2. The van der Waals surface area contributed by atoms with Gasteiger partial charge in [-0.1, -0.05) is 23.4 Å². The molecule has 3 rings (SSSR count). The van der Waals surface area contributed by atoms with Gasteiger partial charge in [0.05, 0.1) is 16.3 Å². The smallest absolute Gasteiger partial charge is 0.354 e. The van der Waals surface area contributed by atoms with Crippen molar-refractivity contribution in [2.45, 2.75) is 36.6 Å². The minimum absolute atomic E-state index is 0.0655. The fourth-order valence-corrected chi connectivity index (χ4v) is 3.60. The van der Waals surface area contributed by atoms with E-state index in [0.717, 1.165) is 41.3 Å². The van der Waals surface area contributed by atoms with E-state index in [1.54, 1.807) is 0 Å². The molecule has 1 fully saturated rings. The normalized spacial score (nSPS) is 18.2. The molecule has 27 heavy (non-hydrogen) atoms. The molecule has 0 radical (unpaired) electrons. The van der Waals surface area contributed by atoms with Crippen LogP contribution in [0.15, 0.2) is 17.4 Å². The number of nitrogens with zero attached hydrogens (tertiary/aromatic N) is 3. The van der Waals surface area contributed by atoms with Crippen molar-refractivity contribution in [2.75, 3.05) is 12.3 Å². The number of amides is 2.